The van der Waals surface area contributed by atoms with Crippen LogP contribution in [0, 0.1) is 11.3 Å². The van der Waals surface area contributed by atoms with Crippen molar-refractivity contribution in [2.45, 2.75) is 65.8 Å². The minimum absolute atomic E-state index is 0.0471. The quantitative estimate of drug-likeness (QED) is 0.155. The molecule has 1 fully saturated rings. The zero-order valence-corrected chi connectivity index (χ0v) is 33.8. The second kappa shape index (κ2) is 15.4. The highest BCUT2D eigenvalue weighted by atomic mass is 32.1. The van der Waals surface area contributed by atoms with E-state index in [-0.39, 0.29) is 28.6 Å². The van der Waals surface area contributed by atoms with Gasteiger partial charge in [0.15, 0.2) is 5.13 Å². The molecular formula is C42H51N3O3SSi2. The first-order valence-corrected chi connectivity index (χ1v) is 22.3. The predicted molar refractivity (Wildman–Crippen MR) is 217 cm³/mol. The number of nitrogens with one attached hydrogen (secondary N) is 1. The minimum Gasteiger partial charge on any atom is -0.405 e. The fourth-order valence-corrected chi connectivity index (χ4v) is 15.1. The number of amides is 1. The van der Waals surface area contributed by atoms with Gasteiger partial charge in [-0.15, -0.1) is 11.3 Å². The van der Waals surface area contributed by atoms with Gasteiger partial charge in [0.1, 0.15) is 11.9 Å². The lowest BCUT2D eigenvalue weighted by molar-refractivity contribution is 0.00494. The Morgan fingerprint density at radius 1 is 0.843 bits per heavy atom. The second-order valence-electron chi connectivity index (χ2n) is 15.7. The predicted octanol–water partition coefficient (Wildman–Crippen LogP) is 6.20. The van der Waals surface area contributed by atoms with Crippen molar-refractivity contribution in [3.8, 4) is 0 Å². The molecule has 9 heteroatoms. The molecule has 3 atom stereocenters. The highest BCUT2D eigenvalue weighted by Gasteiger charge is 2.51. The summed E-state index contributed by atoms with van der Waals surface area (Å²) in [5.74, 6) is 0.127. The van der Waals surface area contributed by atoms with Crippen LogP contribution < -0.4 is 31.0 Å². The summed E-state index contributed by atoms with van der Waals surface area (Å²) in [6, 6.07) is 42.2. The van der Waals surface area contributed by atoms with Gasteiger partial charge in [0.2, 0.25) is 9.04 Å². The van der Waals surface area contributed by atoms with E-state index in [4.69, 9.17) is 13.8 Å². The maximum atomic E-state index is 13.7. The third-order valence-corrected chi connectivity index (χ3v) is 18.4. The molecule has 266 valence electrons. The number of hydrogen-bond acceptors (Lipinski definition) is 6. The zero-order chi connectivity index (χ0) is 36.2. The van der Waals surface area contributed by atoms with E-state index >= 15 is 0 Å². The lowest BCUT2D eigenvalue weighted by atomic mass is 9.74. The summed E-state index contributed by atoms with van der Waals surface area (Å²) < 4.78 is 14.3. The van der Waals surface area contributed by atoms with E-state index in [1.807, 2.05) is 24.4 Å². The first-order chi connectivity index (χ1) is 24.4. The first kappa shape index (κ1) is 36.9. The van der Waals surface area contributed by atoms with Crippen molar-refractivity contribution in [2.75, 3.05) is 18.1 Å². The smallest absolute Gasteiger partial charge is 0.271 e. The summed E-state index contributed by atoms with van der Waals surface area (Å²) in [7, 11) is -4.74. The van der Waals surface area contributed by atoms with E-state index in [0.717, 1.165) is 11.7 Å². The maximum Gasteiger partial charge on any atom is 0.271 e. The SMILES string of the molecule is C[C@@H](CO[Si](c1ccccc1)(c1ccccc1)C(C)(C)C)NC(=O)c1csc(N2CC(C(C)(C)C)C2O[SiH](c2ccccc2)c2ccccc2)n1. The van der Waals surface area contributed by atoms with E-state index in [0.29, 0.717) is 18.2 Å². The van der Waals surface area contributed by atoms with Gasteiger partial charge in [0, 0.05) is 23.9 Å². The van der Waals surface area contributed by atoms with Crippen LogP contribution in [0.4, 0.5) is 5.13 Å². The van der Waals surface area contributed by atoms with Crippen LogP contribution >= 0.6 is 11.3 Å². The molecule has 1 saturated heterocycles. The van der Waals surface area contributed by atoms with Crippen molar-refractivity contribution in [3.05, 3.63) is 132 Å². The molecule has 0 spiro atoms. The average molecular weight is 734 g/mol. The Morgan fingerprint density at radius 2 is 1.33 bits per heavy atom. The number of rotatable bonds is 12. The third-order valence-electron chi connectivity index (χ3n) is 9.95. The van der Waals surface area contributed by atoms with Crippen molar-refractivity contribution in [1.82, 2.24) is 10.3 Å². The van der Waals surface area contributed by atoms with Crippen LogP contribution in [0.5, 0.6) is 0 Å². The number of carbonyl (C=O) groups excluding carboxylic acids is 1. The molecule has 1 amide bonds. The van der Waals surface area contributed by atoms with Gasteiger partial charge in [-0.2, -0.15) is 0 Å². The number of aromatic nitrogens is 1. The normalized spacial score (nSPS) is 17.2. The molecule has 0 aliphatic carbocycles. The Labute approximate surface area is 310 Å². The van der Waals surface area contributed by atoms with Crippen LogP contribution in [0.25, 0.3) is 0 Å². The Balaban J connectivity index is 1.18. The molecule has 2 unspecified atom stereocenters. The molecule has 5 aromatic rings. The molecule has 1 N–H and O–H groups in total. The number of thiazole rings is 1. The number of anilines is 1. The zero-order valence-electron chi connectivity index (χ0n) is 30.9. The van der Waals surface area contributed by atoms with E-state index < -0.39 is 17.4 Å². The summed E-state index contributed by atoms with van der Waals surface area (Å²) in [5.41, 5.74) is 0.469. The van der Waals surface area contributed by atoms with E-state index in [9.17, 15) is 4.79 Å². The van der Waals surface area contributed by atoms with Gasteiger partial charge in [-0.1, -0.05) is 163 Å². The molecular weight excluding hydrogens is 683 g/mol. The monoisotopic (exact) mass is 733 g/mol. The lowest BCUT2D eigenvalue weighted by Gasteiger charge is -2.54. The number of nitrogens with zero attached hydrogens (tertiary/aromatic N) is 2. The summed E-state index contributed by atoms with van der Waals surface area (Å²) in [6.07, 6.45) is -0.136. The van der Waals surface area contributed by atoms with Crippen LogP contribution in [-0.4, -0.2) is 53.7 Å². The highest BCUT2D eigenvalue weighted by Crippen LogP contribution is 2.43. The van der Waals surface area contributed by atoms with Gasteiger partial charge in [-0.25, -0.2) is 4.98 Å². The highest BCUT2D eigenvalue weighted by molar-refractivity contribution is 7.14. The molecule has 6 rings (SSSR count). The standard InChI is InChI=1S/C42H51N3O3SSi2/c1-31(29-47-51(42(5,6)7,34-24-16-10-17-25-34)35-26-18-11-19-27-35)43-38(46)37-30-49-40(44-37)45-28-36(41(2,3)4)39(45)48-50(32-20-12-8-13-21-32)33-22-14-9-15-23-33/h8-27,30-31,36,39,50H,28-29H2,1-7H3,(H,43,46)/t31-,36?,39?/m0/s1. The molecule has 0 bridgehead atoms. The molecule has 1 aliphatic rings. The molecule has 0 saturated carbocycles. The van der Waals surface area contributed by atoms with Gasteiger partial charge in [-0.05, 0) is 38.1 Å². The van der Waals surface area contributed by atoms with Gasteiger partial charge in [-0.3, -0.25) is 4.79 Å². The molecule has 51 heavy (non-hydrogen) atoms. The Bertz CT molecular complexity index is 1780. The summed E-state index contributed by atoms with van der Waals surface area (Å²) in [4.78, 5) is 20.8. The van der Waals surface area contributed by atoms with Crippen molar-refractivity contribution in [3.63, 3.8) is 0 Å². The van der Waals surface area contributed by atoms with Crippen LogP contribution in [0.1, 0.15) is 59.0 Å². The first-order valence-electron chi connectivity index (χ1n) is 17.9. The number of carbonyl (C=O) groups is 1. The van der Waals surface area contributed by atoms with Gasteiger partial charge < -0.3 is 19.1 Å². The van der Waals surface area contributed by atoms with Gasteiger partial charge in [0.05, 0.1) is 6.61 Å². The van der Waals surface area contributed by atoms with E-state index in [1.54, 1.807) is 0 Å². The molecule has 1 aromatic heterocycles. The molecule has 0 radical (unpaired) electrons. The lowest BCUT2D eigenvalue weighted by Crippen LogP contribution is -2.67. The van der Waals surface area contributed by atoms with Crippen molar-refractivity contribution in [1.29, 1.82) is 0 Å². The van der Waals surface area contributed by atoms with Crippen molar-refractivity contribution >= 4 is 60.5 Å². The minimum atomic E-state index is -2.73. The fourth-order valence-electron chi connectivity index (χ4n) is 7.14. The van der Waals surface area contributed by atoms with E-state index in [2.05, 4.69) is 161 Å². The van der Waals surface area contributed by atoms with Gasteiger partial charge >= 0.3 is 0 Å². The van der Waals surface area contributed by atoms with Crippen molar-refractivity contribution in [2.24, 2.45) is 11.3 Å². The molecule has 4 aromatic carbocycles. The molecule has 6 nitrogen and oxygen atoms in total. The molecule has 1 aliphatic heterocycles. The summed E-state index contributed by atoms with van der Waals surface area (Å²) in [6.45, 7) is 16.9. The largest absolute Gasteiger partial charge is 0.405 e. The number of benzene rings is 4. The van der Waals surface area contributed by atoms with Crippen LogP contribution in [-0.2, 0) is 8.85 Å². The fraction of sp³-hybridized carbons (Fsp3) is 0.333. The van der Waals surface area contributed by atoms with Crippen LogP contribution in [0.15, 0.2) is 127 Å². The van der Waals surface area contributed by atoms with Crippen LogP contribution in [0.2, 0.25) is 5.04 Å². The Hall–Kier alpha value is -3.87. The second-order valence-corrected chi connectivity index (χ2v) is 23.2. The van der Waals surface area contributed by atoms with Crippen LogP contribution in [0.3, 0.4) is 0 Å². The average Bonchev–Trinajstić information content (AvgIpc) is 3.59. The Kier molecular flexibility index (Phi) is 11.1. The van der Waals surface area contributed by atoms with E-state index in [1.165, 1.54) is 32.1 Å². The molecule has 2 heterocycles. The van der Waals surface area contributed by atoms with Gasteiger partial charge in [0.25, 0.3) is 14.2 Å². The Morgan fingerprint density at radius 3 is 1.80 bits per heavy atom. The topological polar surface area (TPSA) is 63.7 Å². The summed E-state index contributed by atoms with van der Waals surface area (Å²) in [5, 5.41) is 10.7. The number of hydrogen-bond donors (Lipinski definition) is 1. The summed E-state index contributed by atoms with van der Waals surface area (Å²) >= 11 is 1.50. The third kappa shape index (κ3) is 7.98. The van der Waals surface area contributed by atoms with Crippen molar-refractivity contribution < 1.29 is 13.6 Å². The maximum absolute atomic E-state index is 13.7.